The average Bonchev–Trinajstić information content (AvgIpc) is 3.53. The van der Waals surface area contributed by atoms with E-state index in [0.717, 1.165) is 11.3 Å². The summed E-state index contributed by atoms with van der Waals surface area (Å²) >= 11 is 0. The molecular weight excluding hydrogens is 508 g/mol. The molecule has 2 aromatic carbocycles. The molecule has 1 saturated carbocycles. The molecule has 2 atom stereocenters. The largest absolute Gasteiger partial charge is 0.469 e. The summed E-state index contributed by atoms with van der Waals surface area (Å²) in [6, 6.07) is 10.4. The van der Waals surface area contributed by atoms with E-state index in [-0.39, 0.29) is 67.1 Å². The van der Waals surface area contributed by atoms with Crippen molar-refractivity contribution in [2.75, 3.05) is 25.6 Å². The molecule has 0 unspecified atom stereocenters. The Hall–Kier alpha value is -3.53. The number of carbonyl (C=O) groups excluding carboxylic acids is 2. The van der Waals surface area contributed by atoms with Gasteiger partial charge in [-0.1, -0.05) is 24.3 Å². The number of para-hydroxylation sites is 1. The lowest BCUT2D eigenvalue weighted by Gasteiger charge is -2.30. The zero-order valence-corrected chi connectivity index (χ0v) is 22.1. The van der Waals surface area contributed by atoms with Gasteiger partial charge in [-0.15, -0.1) is 0 Å². The summed E-state index contributed by atoms with van der Waals surface area (Å²) in [5.74, 6) is -1.33. The summed E-state index contributed by atoms with van der Waals surface area (Å²) in [5.41, 5.74) is 2.23. The van der Waals surface area contributed by atoms with Gasteiger partial charge in [0.05, 0.1) is 44.7 Å². The second kappa shape index (κ2) is 11.7. The Morgan fingerprint density at radius 2 is 1.92 bits per heavy atom. The molecule has 39 heavy (non-hydrogen) atoms. The van der Waals surface area contributed by atoms with Crippen molar-refractivity contribution in [3.05, 3.63) is 53.3 Å². The number of anilines is 2. The second-order valence-electron chi connectivity index (χ2n) is 10.4. The molecule has 1 saturated heterocycles. The highest BCUT2D eigenvalue weighted by Crippen LogP contribution is 2.30. The summed E-state index contributed by atoms with van der Waals surface area (Å²) in [6.07, 6.45) is 1.54. The molecule has 1 N–H and O–H groups in total. The number of halogens is 2. The molecule has 1 aliphatic heterocycles. The third-order valence-corrected chi connectivity index (χ3v) is 7.72. The maximum absolute atomic E-state index is 15.4. The summed E-state index contributed by atoms with van der Waals surface area (Å²) in [7, 11) is 1.39. The normalized spacial score (nSPS) is 23.2. The van der Waals surface area contributed by atoms with Gasteiger partial charge < -0.3 is 24.1 Å². The van der Waals surface area contributed by atoms with E-state index >= 15 is 4.39 Å². The van der Waals surface area contributed by atoms with Crippen LogP contribution in [0.5, 0.6) is 0 Å². The van der Waals surface area contributed by atoms with Crippen LogP contribution in [0.15, 0.2) is 40.8 Å². The number of carbonyl (C=O) groups is 2. The van der Waals surface area contributed by atoms with Crippen molar-refractivity contribution in [1.82, 2.24) is 9.88 Å². The van der Waals surface area contributed by atoms with E-state index in [1.807, 2.05) is 31.2 Å². The zero-order valence-electron chi connectivity index (χ0n) is 22.1. The Kier molecular flexibility index (Phi) is 8.11. The van der Waals surface area contributed by atoms with Crippen LogP contribution in [0, 0.1) is 18.7 Å². The maximum atomic E-state index is 15.4. The lowest BCUT2D eigenvalue weighted by atomic mass is 9.87. The van der Waals surface area contributed by atoms with E-state index in [0.29, 0.717) is 31.2 Å². The van der Waals surface area contributed by atoms with Gasteiger partial charge in [0.15, 0.2) is 11.4 Å². The Balaban J connectivity index is 1.21. The highest BCUT2D eigenvalue weighted by molar-refractivity contribution is 5.83. The number of likely N-dealkylation sites (tertiary alicyclic amines) is 1. The van der Waals surface area contributed by atoms with Gasteiger partial charge in [-0.25, -0.2) is 8.78 Å². The number of rotatable bonds is 8. The molecule has 1 aliphatic carbocycles. The maximum Gasteiger partial charge on any atom is 0.308 e. The number of amides is 1. The van der Waals surface area contributed by atoms with E-state index in [4.69, 9.17) is 13.9 Å². The molecule has 0 spiro atoms. The lowest BCUT2D eigenvalue weighted by molar-refractivity contribution is -0.148. The summed E-state index contributed by atoms with van der Waals surface area (Å²) in [4.78, 5) is 30.7. The first-order chi connectivity index (χ1) is 18.8. The lowest BCUT2D eigenvalue weighted by Crippen LogP contribution is -2.40. The number of nitrogens with zero attached hydrogens (tertiary/aromatic N) is 2. The van der Waals surface area contributed by atoms with Crippen LogP contribution in [-0.2, 0) is 25.5 Å². The van der Waals surface area contributed by atoms with Gasteiger partial charge in [0.25, 0.3) is 6.01 Å². The van der Waals surface area contributed by atoms with Crippen molar-refractivity contribution >= 4 is 34.7 Å². The molecule has 2 heterocycles. The predicted octanol–water partition coefficient (Wildman–Crippen LogP) is 5.25. The van der Waals surface area contributed by atoms with E-state index in [1.165, 1.54) is 18.1 Å². The highest BCUT2D eigenvalue weighted by atomic mass is 19.1. The molecule has 3 aromatic rings. The SMILES string of the molecule is COC(=O)C1CCC(OC[C@@H]2C[C@H](F)CN2C(=O)Cc2ccc3nc(Nc4ccccc4C)oc3c2F)CC1. The number of fused-ring (bicyclic) bond motifs is 1. The van der Waals surface area contributed by atoms with Crippen LogP contribution in [0.3, 0.4) is 0 Å². The third kappa shape index (κ3) is 6.06. The molecule has 208 valence electrons. The first-order valence-electron chi connectivity index (χ1n) is 13.4. The molecule has 2 fully saturated rings. The molecule has 1 amide bonds. The Labute approximate surface area is 225 Å². The van der Waals surface area contributed by atoms with Crippen molar-refractivity contribution < 1.29 is 32.3 Å². The van der Waals surface area contributed by atoms with Crippen molar-refractivity contribution in [3.63, 3.8) is 0 Å². The number of nitrogens with one attached hydrogen (secondary N) is 1. The summed E-state index contributed by atoms with van der Waals surface area (Å²) in [5, 5.41) is 3.06. The molecule has 0 radical (unpaired) electrons. The van der Waals surface area contributed by atoms with Crippen molar-refractivity contribution in [3.8, 4) is 0 Å². The minimum Gasteiger partial charge on any atom is -0.469 e. The third-order valence-electron chi connectivity index (χ3n) is 7.72. The fourth-order valence-corrected chi connectivity index (χ4v) is 5.49. The number of benzene rings is 2. The Bertz CT molecular complexity index is 1340. The number of hydrogen-bond donors (Lipinski definition) is 1. The van der Waals surface area contributed by atoms with E-state index in [1.54, 1.807) is 6.07 Å². The molecule has 8 nitrogen and oxygen atoms in total. The van der Waals surface area contributed by atoms with Crippen molar-refractivity contribution in [2.24, 2.45) is 5.92 Å². The number of esters is 1. The average molecular weight is 542 g/mol. The number of alkyl halides is 1. The second-order valence-corrected chi connectivity index (χ2v) is 10.4. The standard InChI is InChI=1S/C29H33F2N3O5/c1-17-5-3-4-6-23(17)32-29-33-24-12-9-19(26(31)27(24)39-29)13-25(35)34-15-20(30)14-21(34)16-38-22-10-7-18(8-11-22)28(36)37-2/h3-6,9,12,18,20-22H,7-8,10-11,13-16H2,1-2H3,(H,32,33)/t18?,20-,21-,22?/m0/s1. The number of methoxy groups -OCH3 is 1. The minimum absolute atomic E-state index is 0.0383. The predicted molar refractivity (Wildman–Crippen MR) is 141 cm³/mol. The van der Waals surface area contributed by atoms with Gasteiger partial charge in [-0.3, -0.25) is 9.59 Å². The summed E-state index contributed by atoms with van der Waals surface area (Å²) < 4.78 is 46.2. The van der Waals surface area contributed by atoms with Crippen LogP contribution in [0.4, 0.5) is 20.5 Å². The molecule has 0 bridgehead atoms. The highest BCUT2D eigenvalue weighted by Gasteiger charge is 2.37. The monoisotopic (exact) mass is 541 g/mol. The molecule has 5 rings (SSSR count). The number of ether oxygens (including phenoxy) is 2. The number of oxazole rings is 1. The van der Waals surface area contributed by atoms with Crippen LogP contribution in [0.2, 0.25) is 0 Å². The zero-order chi connectivity index (χ0) is 27.5. The van der Waals surface area contributed by atoms with Gasteiger partial charge in [0.1, 0.15) is 11.7 Å². The van der Waals surface area contributed by atoms with Crippen molar-refractivity contribution in [2.45, 2.75) is 63.8 Å². The molecule has 10 heteroatoms. The first-order valence-corrected chi connectivity index (χ1v) is 13.4. The number of aromatic nitrogens is 1. The van der Waals surface area contributed by atoms with Gasteiger partial charge in [-0.05, 0) is 50.3 Å². The Morgan fingerprint density at radius 1 is 1.15 bits per heavy atom. The fourth-order valence-electron chi connectivity index (χ4n) is 5.49. The van der Waals surface area contributed by atoms with E-state index < -0.39 is 18.0 Å². The van der Waals surface area contributed by atoms with Gasteiger partial charge in [0, 0.05) is 17.7 Å². The smallest absolute Gasteiger partial charge is 0.308 e. The van der Waals surface area contributed by atoms with Gasteiger partial charge >= 0.3 is 5.97 Å². The fraction of sp³-hybridized carbons (Fsp3) is 0.483. The molecule has 1 aromatic heterocycles. The van der Waals surface area contributed by atoms with Gasteiger partial charge in [-0.2, -0.15) is 4.98 Å². The molecular formula is C29H33F2N3O5. The topological polar surface area (TPSA) is 93.9 Å². The van der Waals surface area contributed by atoms with Gasteiger partial charge in [0.2, 0.25) is 5.91 Å². The Morgan fingerprint density at radius 3 is 2.67 bits per heavy atom. The quantitative estimate of drug-likeness (QED) is 0.390. The van der Waals surface area contributed by atoms with E-state index in [2.05, 4.69) is 10.3 Å². The summed E-state index contributed by atoms with van der Waals surface area (Å²) in [6.45, 7) is 2.10. The van der Waals surface area contributed by atoms with Crippen LogP contribution < -0.4 is 5.32 Å². The van der Waals surface area contributed by atoms with Crippen LogP contribution in [0.25, 0.3) is 11.1 Å². The minimum atomic E-state index is -1.16. The number of hydrogen-bond acceptors (Lipinski definition) is 7. The molecule has 2 aliphatic rings. The number of aryl methyl sites for hydroxylation is 1. The van der Waals surface area contributed by atoms with Crippen LogP contribution in [-0.4, -0.2) is 60.3 Å². The van der Waals surface area contributed by atoms with Crippen molar-refractivity contribution in [1.29, 1.82) is 0 Å². The van der Waals surface area contributed by atoms with E-state index in [9.17, 15) is 14.0 Å². The first kappa shape index (κ1) is 27.1. The van der Waals surface area contributed by atoms with Crippen LogP contribution in [0.1, 0.15) is 43.2 Å². The van der Waals surface area contributed by atoms with Crippen LogP contribution >= 0.6 is 0 Å².